The molecule has 1 aliphatic carbocycles. The lowest BCUT2D eigenvalue weighted by Crippen LogP contribution is -2.39. The molecule has 4 heteroatoms. The highest BCUT2D eigenvalue weighted by atomic mass is 16.5. The van der Waals surface area contributed by atoms with E-state index >= 15 is 0 Å². The molecule has 1 aliphatic heterocycles. The van der Waals surface area contributed by atoms with Crippen molar-refractivity contribution in [3.8, 4) is 0 Å². The SMILES string of the molecule is CCOC(=O)C1NNC2=CC=CC21. The van der Waals surface area contributed by atoms with Gasteiger partial charge in [-0.25, -0.2) is 5.43 Å². The molecule has 2 N–H and O–H groups in total. The first kappa shape index (κ1) is 8.31. The van der Waals surface area contributed by atoms with Gasteiger partial charge >= 0.3 is 5.97 Å². The maximum absolute atomic E-state index is 11.4. The molecular weight excluding hydrogens is 168 g/mol. The molecule has 0 spiro atoms. The van der Waals surface area contributed by atoms with Crippen molar-refractivity contribution in [2.75, 3.05) is 6.61 Å². The van der Waals surface area contributed by atoms with Crippen molar-refractivity contribution in [3.63, 3.8) is 0 Å². The molecule has 13 heavy (non-hydrogen) atoms. The van der Waals surface area contributed by atoms with Gasteiger partial charge in [-0.05, 0) is 13.0 Å². The van der Waals surface area contributed by atoms with E-state index in [2.05, 4.69) is 10.9 Å². The maximum atomic E-state index is 11.4. The maximum Gasteiger partial charge on any atom is 0.325 e. The quantitative estimate of drug-likeness (QED) is 0.591. The Morgan fingerprint density at radius 2 is 2.54 bits per heavy atom. The van der Waals surface area contributed by atoms with Crippen LogP contribution in [0.5, 0.6) is 0 Å². The molecule has 2 aliphatic rings. The molecular formula is C9H12N2O2. The van der Waals surface area contributed by atoms with E-state index in [4.69, 9.17) is 4.74 Å². The fraction of sp³-hybridized carbons (Fsp3) is 0.444. The Labute approximate surface area is 76.6 Å². The third-order valence-electron chi connectivity index (χ3n) is 2.23. The van der Waals surface area contributed by atoms with Crippen molar-refractivity contribution in [1.82, 2.24) is 10.9 Å². The molecule has 2 rings (SSSR count). The van der Waals surface area contributed by atoms with E-state index < -0.39 is 0 Å². The molecule has 0 radical (unpaired) electrons. The number of carbonyl (C=O) groups excluding carboxylic acids is 1. The van der Waals surface area contributed by atoms with Crippen LogP contribution >= 0.6 is 0 Å². The third-order valence-corrected chi connectivity index (χ3v) is 2.23. The summed E-state index contributed by atoms with van der Waals surface area (Å²) in [7, 11) is 0. The summed E-state index contributed by atoms with van der Waals surface area (Å²) >= 11 is 0. The van der Waals surface area contributed by atoms with Crippen LogP contribution in [-0.2, 0) is 9.53 Å². The van der Waals surface area contributed by atoms with Crippen molar-refractivity contribution in [2.45, 2.75) is 13.0 Å². The standard InChI is InChI=1S/C9H12N2O2/c1-2-13-9(12)8-6-4-3-5-7(6)10-11-8/h3-6,8,10-11H,2H2,1H3. The van der Waals surface area contributed by atoms with Crippen LogP contribution in [-0.4, -0.2) is 18.6 Å². The lowest BCUT2D eigenvalue weighted by Gasteiger charge is -2.11. The minimum atomic E-state index is -0.273. The van der Waals surface area contributed by atoms with E-state index in [1.54, 1.807) is 0 Å². The first-order chi connectivity index (χ1) is 6.33. The van der Waals surface area contributed by atoms with Gasteiger partial charge in [0.1, 0.15) is 6.04 Å². The summed E-state index contributed by atoms with van der Waals surface area (Å²) < 4.78 is 4.93. The largest absolute Gasteiger partial charge is 0.465 e. The minimum absolute atomic E-state index is 0.124. The van der Waals surface area contributed by atoms with Gasteiger partial charge in [0.15, 0.2) is 0 Å². The number of allylic oxidation sites excluding steroid dienone is 2. The summed E-state index contributed by atoms with van der Waals surface area (Å²) in [5.41, 5.74) is 6.89. The van der Waals surface area contributed by atoms with E-state index in [1.165, 1.54) is 0 Å². The highest BCUT2D eigenvalue weighted by Gasteiger charge is 2.36. The van der Waals surface area contributed by atoms with E-state index in [0.717, 1.165) is 5.70 Å². The highest BCUT2D eigenvalue weighted by molar-refractivity contribution is 5.78. The van der Waals surface area contributed by atoms with Gasteiger partial charge in [0.05, 0.1) is 6.61 Å². The highest BCUT2D eigenvalue weighted by Crippen LogP contribution is 2.25. The molecule has 0 aromatic rings. The summed E-state index contributed by atoms with van der Waals surface area (Å²) in [6.07, 6.45) is 5.89. The molecule has 0 aromatic carbocycles. The second-order valence-corrected chi connectivity index (χ2v) is 3.03. The number of hydrogen-bond acceptors (Lipinski definition) is 4. The number of ether oxygens (including phenoxy) is 1. The molecule has 4 nitrogen and oxygen atoms in total. The topological polar surface area (TPSA) is 50.4 Å². The van der Waals surface area contributed by atoms with Gasteiger partial charge in [0, 0.05) is 11.6 Å². The Kier molecular flexibility index (Phi) is 2.06. The zero-order chi connectivity index (χ0) is 9.26. The van der Waals surface area contributed by atoms with Crippen molar-refractivity contribution in [1.29, 1.82) is 0 Å². The number of carbonyl (C=O) groups is 1. The van der Waals surface area contributed by atoms with Crippen molar-refractivity contribution in [2.24, 2.45) is 5.92 Å². The molecule has 2 unspecified atom stereocenters. The summed E-state index contributed by atoms with van der Waals surface area (Å²) in [4.78, 5) is 11.4. The smallest absolute Gasteiger partial charge is 0.325 e. The normalized spacial score (nSPS) is 29.5. The number of nitrogens with one attached hydrogen (secondary N) is 2. The lowest BCUT2D eigenvalue weighted by molar-refractivity contribution is -0.145. The molecule has 1 saturated heterocycles. The van der Waals surface area contributed by atoms with Crippen LogP contribution in [0, 0.1) is 5.92 Å². The average Bonchev–Trinajstić information content (AvgIpc) is 2.62. The fourth-order valence-corrected chi connectivity index (χ4v) is 1.60. The summed E-state index contributed by atoms with van der Waals surface area (Å²) in [6.45, 7) is 2.23. The minimum Gasteiger partial charge on any atom is -0.465 e. The zero-order valence-electron chi connectivity index (χ0n) is 7.41. The number of esters is 1. The van der Waals surface area contributed by atoms with Crippen LogP contribution in [0.1, 0.15) is 6.92 Å². The van der Waals surface area contributed by atoms with Crippen molar-refractivity contribution < 1.29 is 9.53 Å². The van der Waals surface area contributed by atoms with E-state index in [0.29, 0.717) is 6.61 Å². The van der Waals surface area contributed by atoms with E-state index in [-0.39, 0.29) is 17.9 Å². The molecule has 0 saturated carbocycles. The molecule has 70 valence electrons. The van der Waals surface area contributed by atoms with E-state index in [9.17, 15) is 4.79 Å². The second-order valence-electron chi connectivity index (χ2n) is 3.03. The van der Waals surface area contributed by atoms with Crippen LogP contribution in [0.3, 0.4) is 0 Å². The molecule has 0 amide bonds. The van der Waals surface area contributed by atoms with Gasteiger partial charge in [-0.15, -0.1) is 0 Å². The van der Waals surface area contributed by atoms with Gasteiger partial charge in [-0.2, -0.15) is 0 Å². The molecule has 2 atom stereocenters. The van der Waals surface area contributed by atoms with Gasteiger partial charge < -0.3 is 10.2 Å². The number of rotatable bonds is 2. The Balaban J connectivity index is 2.05. The summed E-state index contributed by atoms with van der Waals surface area (Å²) in [6, 6.07) is -0.273. The molecule has 0 bridgehead atoms. The third kappa shape index (κ3) is 1.33. The van der Waals surface area contributed by atoms with Crippen LogP contribution in [0.15, 0.2) is 23.9 Å². The number of hydrazine groups is 1. The van der Waals surface area contributed by atoms with Gasteiger partial charge in [0.2, 0.25) is 0 Å². The molecule has 0 aromatic heterocycles. The first-order valence-electron chi connectivity index (χ1n) is 4.39. The van der Waals surface area contributed by atoms with Gasteiger partial charge in [-0.3, -0.25) is 4.79 Å². The van der Waals surface area contributed by atoms with E-state index in [1.807, 2.05) is 25.2 Å². The summed E-state index contributed by atoms with van der Waals surface area (Å²) in [5, 5.41) is 0. The predicted molar refractivity (Wildman–Crippen MR) is 47.4 cm³/mol. The Morgan fingerprint density at radius 1 is 1.69 bits per heavy atom. The van der Waals surface area contributed by atoms with Gasteiger partial charge in [-0.1, -0.05) is 12.2 Å². The molecule has 1 heterocycles. The van der Waals surface area contributed by atoms with Crippen LogP contribution in [0.25, 0.3) is 0 Å². The monoisotopic (exact) mass is 180 g/mol. The fourth-order valence-electron chi connectivity index (χ4n) is 1.60. The Hall–Kier alpha value is -1.29. The van der Waals surface area contributed by atoms with Crippen LogP contribution < -0.4 is 10.9 Å². The molecule has 1 fully saturated rings. The lowest BCUT2D eigenvalue weighted by atomic mass is 10.0. The number of fused-ring (bicyclic) bond motifs is 1. The predicted octanol–water partition coefficient (Wildman–Crippen LogP) is 0.0958. The van der Waals surface area contributed by atoms with Gasteiger partial charge in [0.25, 0.3) is 0 Å². The summed E-state index contributed by atoms with van der Waals surface area (Å²) in [5.74, 6) is -0.0750. The van der Waals surface area contributed by atoms with Crippen LogP contribution in [0.2, 0.25) is 0 Å². The van der Waals surface area contributed by atoms with Crippen molar-refractivity contribution >= 4 is 5.97 Å². The van der Waals surface area contributed by atoms with Crippen molar-refractivity contribution in [3.05, 3.63) is 23.9 Å². The Morgan fingerprint density at radius 3 is 3.31 bits per heavy atom. The first-order valence-corrected chi connectivity index (χ1v) is 4.39. The second kappa shape index (κ2) is 3.22. The number of hydrogen-bond donors (Lipinski definition) is 2. The van der Waals surface area contributed by atoms with Crippen LogP contribution in [0.4, 0.5) is 0 Å². The Bertz CT molecular complexity index is 283. The zero-order valence-corrected chi connectivity index (χ0v) is 7.41. The average molecular weight is 180 g/mol.